The molecule has 1 aromatic heterocycles. The fourth-order valence-electron chi connectivity index (χ4n) is 0.880. The minimum atomic E-state index is 0. The molecule has 0 atom stereocenters. The first-order chi connectivity index (χ1) is 4.47. The third kappa shape index (κ3) is 1.85. The molecule has 0 radical (unpaired) electrons. The number of fused-ring (bicyclic) bond motifs is 1. The second-order valence-electron chi connectivity index (χ2n) is 1.92. The standard InChI is InChI=1S/C7H6N2.H2O.Zn/c1-2-4-7-6(3-1)8-5-9-7;;/h1-5H,(H,8,9);1H2;. The van der Waals surface area contributed by atoms with E-state index in [9.17, 15) is 0 Å². The normalized spacial score (nSPS) is 8.36. The van der Waals surface area contributed by atoms with Crippen LogP contribution in [0.25, 0.3) is 11.0 Å². The minimum absolute atomic E-state index is 0. The van der Waals surface area contributed by atoms with Gasteiger partial charge in [-0.2, -0.15) is 0 Å². The van der Waals surface area contributed by atoms with Gasteiger partial charge in [-0.25, -0.2) is 4.98 Å². The Morgan fingerprint density at radius 3 is 2.64 bits per heavy atom. The Morgan fingerprint density at radius 1 is 1.18 bits per heavy atom. The molecule has 0 spiro atoms. The van der Waals surface area contributed by atoms with Gasteiger partial charge >= 0.3 is 0 Å². The minimum Gasteiger partial charge on any atom is -0.412 e. The molecule has 1 heterocycles. The summed E-state index contributed by atoms with van der Waals surface area (Å²) in [4.78, 5) is 7.07. The fourth-order valence-corrected chi connectivity index (χ4v) is 0.880. The summed E-state index contributed by atoms with van der Waals surface area (Å²) in [5.74, 6) is 0. The van der Waals surface area contributed by atoms with E-state index in [0.717, 1.165) is 11.0 Å². The Hall–Kier alpha value is -0.727. The smallest absolute Gasteiger partial charge is 0.0931 e. The van der Waals surface area contributed by atoms with E-state index in [1.807, 2.05) is 24.3 Å². The number of aromatic nitrogens is 2. The predicted molar refractivity (Wildman–Crippen MR) is 39.7 cm³/mol. The number of rotatable bonds is 0. The molecule has 0 amide bonds. The third-order valence-corrected chi connectivity index (χ3v) is 1.33. The molecule has 4 heteroatoms. The van der Waals surface area contributed by atoms with Crippen LogP contribution >= 0.6 is 0 Å². The van der Waals surface area contributed by atoms with Gasteiger partial charge in [0.2, 0.25) is 0 Å². The van der Waals surface area contributed by atoms with Crippen LogP contribution in [0.4, 0.5) is 0 Å². The van der Waals surface area contributed by atoms with E-state index >= 15 is 0 Å². The Bertz CT molecular complexity index is 290. The van der Waals surface area contributed by atoms with Gasteiger partial charge in [0, 0.05) is 19.5 Å². The largest absolute Gasteiger partial charge is 0.412 e. The van der Waals surface area contributed by atoms with E-state index in [1.165, 1.54) is 0 Å². The molecule has 3 N–H and O–H groups in total. The summed E-state index contributed by atoms with van der Waals surface area (Å²) in [6, 6.07) is 7.94. The van der Waals surface area contributed by atoms with E-state index < -0.39 is 0 Å². The number of hydrogen-bond donors (Lipinski definition) is 1. The maximum Gasteiger partial charge on any atom is 0.0931 e. The summed E-state index contributed by atoms with van der Waals surface area (Å²) in [7, 11) is 0. The number of nitrogens with one attached hydrogen (secondary N) is 1. The van der Waals surface area contributed by atoms with Crippen molar-refractivity contribution in [2.75, 3.05) is 0 Å². The molecule has 0 unspecified atom stereocenters. The zero-order chi connectivity index (χ0) is 6.10. The number of H-pyrrole nitrogens is 1. The van der Waals surface area contributed by atoms with Crippen LogP contribution in [0, 0.1) is 0 Å². The molecule has 0 aliphatic heterocycles. The van der Waals surface area contributed by atoms with Gasteiger partial charge in [0.15, 0.2) is 0 Å². The maximum absolute atomic E-state index is 4.06. The molecule has 0 bridgehead atoms. The first-order valence-electron chi connectivity index (χ1n) is 2.85. The van der Waals surface area contributed by atoms with Crippen LogP contribution in [-0.2, 0) is 19.5 Å². The first kappa shape index (κ1) is 10.3. The molecule has 0 aliphatic rings. The number of aromatic amines is 1. The zero-order valence-electron chi connectivity index (χ0n) is 6.04. The summed E-state index contributed by atoms with van der Waals surface area (Å²) < 4.78 is 0. The van der Waals surface area contributed by atoms with Gasteiger partial charge in [0.05, 0.1) is 17.4 Å². The predicted octanol–water partition coefficient (Wildman–Crippen LogP) is 0.736. The average Bonchev–Trinajstić information content (AvgIpc) is 2.33. The molecule has 11 heavy (non-hydrogen) atoms. The van der Waals surface area contributed by atoms with Crippen LogP contribution in [-0.4, -0.2) is 15.4 Å². The van der Waals surface area contributed by atoms with Crippen molar-refractivity contribution in [3.63, 3.8) is 0 Å². The number of nitrogens with zero attached hydrogens (tertiary/aromatic N) is 1. The summed E-state index contributed by atoms with van der Waals surface area (Å²) in [6.07, 6.45) is 1.70. The maximum atomic E-state index is 4.06. The Kier molecular flexibility index (Phi) is 3.94. The van der Waals surface area contributed by atoms with E-state index in [4.69, 9.17) is 0 Å². The number of imidazole rings is 1. The SMILES string of the molecule is O.[Zn].c1ccc2[nH]cnc2c1. The van der Waals surface area contributed by atoms with Crippen molar-refractivity contribution < 1.29 is 25.0 Å². The van der Waals surface area contributed by atoms with E-state index in [1.54, 1.807) is 6.33 Å². The fraction of sp³-hybridized carbons (Fsp3) is 0. The van der Waals surface area contributed by atoms with Crippen molar-refractivity contribution in [3.8, 4) is 0 Å². The molecule has 2 rings (SSSR count). The number of para-hydroxylation sites is 2. The molecule has 3 nitrogen and oxygen atoms in total. The van der Waals surface area contributed by atoms with Gasteiger partial charge in [-0.05, 0) is 12.1 Å². The van der Waals surface area contributed by atoms with Crippen LogP contribution in [0.2, 0.25) is 0 Å². The van der Waals surface area contributed by atoms with Gasteiger partial charge in [-0.15, -0.1) is 0 Å². The van der Waals surface area contributed by atoms with Crippen LogP contribution in [0.3, 0.4) is 0 Å². The van der Waals surface area contributed by atoms with Crippen LogP contribution < -0.4 is 0 Å². The van der Waals surface area contributed by atoms with E-state index in [-0.39, 0.29) is 25.0 Å². The molecule has 0 saturated heterocycles. The molecular weight excluding hydrogens is 193 g/mol. The molecule has 0 fully saturated rings. The quantitative estimate of drug-likeness (QED) is 0.628. The van der Waals surface area contributed by atoms with Gasteiger partial charge in [0.25, 0.3) is 0 Å². The van der Waals surface area contributed by atoms with Crippen LogP contribution in [0.1, 0.15) is 0 Å². The second kappa shape index (κ2) is 4.21. The summed E-state index contributed by atoms with van der Waals surface area (Å²) in [6.45, 7) is 0. The van der Waals surface area contributed by atoms with E-state index in [0.29, 0.717) is 0 Å². The number of hydrogen-bond acceptors (Lipinski definition) is 1. The Morgan fingerprint density at radius 2 is 1.91 bits per heavy atom. The molecule has 0 saturated carbocycles. The van der Waals surface area contributed by atoms with Gasteiger partial charge in [-0.3, -0.25) is 0 Å². The Balaban J connectivity index is 0.000000500. The van der Waals surface area contributed by atoms with Crippen molar-refractivity contribution in [2.45, 2.75) is 0 Å². The topological polar surface area (TPSA) is 60.2 Å². The molecule has 54 valence electrons. The van der Waals surface area contributed by atoms with Crippen molar-refractivity contribution in [1.82, 2.24) is 9.97 Å². The first-order valence-corrected chi connectivity index (χ1v) is 2.85. The van der Waals surface area contributed by atoms with Crippen molar-refractivity contribution >= 4 is 11.0 Å². The van der Waals surface area contributed by atoms with Crippen molar-refractivity contribution in [3.05, 3.63) is 30.6 Å². The van der Waals surface area contributed by atoms with Crippen LogP contribution in [0.5, 0.6) is 0 Å². The second-order valence-corrected chi connectivity index (χ2v) is 1.92. The molecular formula is C7H8N2OZn. The Labute approximate surface area is 76.9 Å². The van der Waals surface area contributed by atoms with Gasteiger partial charge < -0.3 is 10.5 Å². The van der Waals surface area contributed by atoms with Gasteiger partial charge in [-0.1, -0.05) is 12.1 Å². The van der Waals surface area contributed by atoms with Crippen molar-refractivity contribution in [2.24, 2.45) is 0 Å². The molecule has 2 aromatic rings. The summed E-state index contributed by atoms with van der Waals surface area (Å²) in [5.41, 5.74) is 2.12. The van der Waals surface area contributed by atoms with Crippen LogP contribution in [0.15, 0.2) is 30.6 Å². The summed E-state index contributed by atoms with van der Waals surface area (Å²) in [5, 5.41) is 0. The average molecular weight is 202 g/mol. The third-order valence-electron chi connectivity index (χ3n) is 1.33. The van der Waals surface area contributed by atoms with Gasteiger partial charge in [0.1, 0.15) is 0 Å². The monoisotopic (exact) mass is 200 g/mol. The molecule has 0 aliphatic carbocycles. The van der Waals surface area contributed by atoms with E-state index in [2.05, 4.69) is 9.97 Å². The zero-order valence-corrected chi connectivity index (χ0v) is 9.01. The number of benzene rings is 1. The van der Waals surface area contributed by atoms with Crippen molar-refractivity contribution in [1.29, 1.82) is 0 Å². The summed E-state index contributed by atoms with van der Waals surface area (Å²) >= 11 is 0. The molecule has 1 aromatic carbocycles.